The Kier molecular flexibility index (Phi) is 10.0. The Morgan fingerprint density at radius 1 is 0.804 bits per heavy atom. The van der Waals surface area contributed by atoms with E-state index in [4.69, 9.17) is 0 Å². The summed E-state index contributed by atoms with van der Waals surface area (Å²) in [6.45, 7) is 8.78. The van der Waals surface area contributed by atoms with Crippen molar-refractivity contribution in [2.24, 2.45) is 0 Å². The number of hydrogen-bond acceptors (Lipinski definition) is 4. The number of aliphatic hydroxyl groups excluding tert-OH is 1. The quantitative estimate of drug-likeness (QED) is 0.226. The highest BCUT2D eigenvalue weighted by Crippen LogP contribution is 2.22. The fraction of sp³-hybridized carbons (Fsp3) is 0.308. The van der Waals surface area contributed by atoms with Crippen LogP contribution in [0.1, 0.15) is 79.7 Å². The van der Waals surface area contributed by atoms with E-state index >= 15 is 0 Å². The number of carbonyl (C=O) groups excluding carboxylic acids is 3. The van der Waals surface area contributed by atoms with Crippen molar-refractivity contribution in [1.82, 2.24) is 15.5 Å². The molecule has 7 heteroatoms. The highest BCUT2D eigenvalue weighted by molar-refractivity contribution is 6.00. The van der Waals surface area contributed by atoms with Crippen LogP contribution in [-0.2, 0) is 25.8 Å². The molecule has 1 aliphatic rings. The summed E-state index contributed by atoms with van der Waals surface area (Å²) in [6, 6.07) is 29.6. The zero-order valence-electron chi connectivity index (χ0n) is 27.0. The molecule has 0 saturated heterocycles. The minimum absolute atomic E-state index is 0.113. The van der Waals surface area contributed by atoms with Gasteiger partial charge in [-0.25, -0.2) is 0 Å². The molecular formula is C39H43N3O4. The van der Waals surface area contributed by atoms with Gasteiger partial charge in [0.1, 0.15) is 0 Å². The zero-order valence-corrected chi connectivity index (χ0v) is 27.0. The Morgan fingerprint density at radius 3 is 2.20 bits per heavy atom. The molecule has 2 atom stereocenters. The number of fused-ring (bicyclic) bond motifs is 1. The number of carbonyl (C=O) groups is 3. The van der Waals surface area contributed by atoms with Gasteiger partial charge in [-0.15, -0.1) is 0 Å². The lowest BCUT2D eigenvalue weighted by Crippen LogP contribution is -2.46. The van der Waals surface area contributed by atoms with Crippen LogP contribution in [0.25, 0.3) is 0 Å². The van der Waals surface area contributed by atoms with Crippen molar-refractivity contribution in [3.05, 3.63) is 142 Å². The molecule has 0 spiro atoms. The van der Waals surface area contributed by atoms with Crippen LogP contribution in [0, 0.1) is 6.92 Å². The van der Waals surface area contributed by atoms with E-state index in [1.165, 1.54) is 5.56 Å². The Labute approximate surface area is 271 Å². The van der Waals surface area contributed by atoms with Crippen molar-refractivity contribution in [1.29, 1.82) is 0 Å². The summed E-state index contributed by atoms with van der Waals surface area (Å²) >= 11 is 0. The van der Waals surface area contributed by atoms with Crippen LogP contribution in [-0.4, -0.2) is 52.0 Å². The van der Waals surface area contributed by atoms with Crippen molar-refractivity contribution in [3.63, 3.8) is 0 Å². The first-order chi connectivity index (χ1) is 22.0. The summed E-state index contributed by atoms with van der Waals surface area (Å²) in [5, 5.41) is 17.7. The number of amides is 3. The molecule has 0 bridgehead atoms. The first-order valence-corrected chi connectivity index (χ1v) is 15.9. The molecule has 0 saturated carbocycles. The second kappa shape index (κ2) is 14.1. The summed E-state index contributed by atoms with van der Waals surface area (Å²) in [7, 11) is 0. The van der Waals surface area contributed by atoms with Crippen LogP contribution < -0.4 is 10.6 Å². The SMILES string of the molecule is Cc1cc(C(=O)N[C@@H](Cc2ccccc2)[C@@H](O)Cc2ccccc2C(=O)NC(C)(C)C)cc(C(=O)N2CCc3ccccc3C2)c1. The van der Waals surface area contributed by atoms with Gasteiger partial charge in [-0.2, -0.15) is 0 Å². The summed E-state index contributed by atoms with van der Waals surface area (Å²) < 4.78 is 0. The number of hydrogen-bond donors (Lipinski definition) is 3. The Morgan fingerprint density at radius 2 is 1.46 bits per heavy atom. The van der Waals surface area contributed by atoms with Crippen molar-refractivity contribution in [3.8, 4) is 0 Å². The molecule has 1 heterocycles. The van der Waals surface area contributed by atoms with Crippen molar-refractivity contribution in [2.75, 3.05) is 6.54 Å². The molecule has 0 aromatic heterocycles. The first kappa shape index (κ1) is 32.6. The van der Waals surface area contributed by atoms with Crippen LogP contribution in [0.15, 0.2) is 97.1 Å². The second-order valence-electron chi connectivity index (χ2n) is 13.2. The normalized spacial score (nSPS) is 14.2. The van der Waals surface area contributed by atoms with E-state index in [9.17, 15) is 19.5 Å². The highest BCUT2D eigenvalue weighted by atomic mass is 16.3. The highest BCUT2D eigenvalue weighted by Gasteiger charge is 2.27. The standard InChI is InChI=1S/C39H43N3O4/c1-26-20-31(23-32(21-26)38(46)42-19-18-28-14-8-9-16-30(28)25-42)36(44)40-34(22-27-12-6-5-7-13-27)35(43)24-29-15-10-11-17-33(29)37(45)41-39(2,3)4/h5-17,20-21,23,34-35,43H,18-19,22,24-25H2,1-4H3,(H,40,44)(H,41,45)/t34-,35-/m0/s1. The van der Waals surface area contributed by atoms with Crippen LogP contribution in [0.2, 0.25) is 0 Å². The third-order valence-electron chi connectivity index (χ3n) is 8.26. The Bertz CT molecular complexity index is 1710. The molecule has 5 rings (SSSR count). The van der Waals surface area contributed by atoms with Gasteiger partial charge >= 0.3 is 0 Å². The first-order valence-electron chi connectivity index (χ1n) is 15.9. The van der Waals surface area contributed by atoms with Gasteiger partial charge in [-0.3, -0.25) is 14.4 Å². The maximum atomic E-state index is 13.8. The van der Waals surface area contributed by atoms with E-state index < -0.39 is 17.7 Å². The van der Waals surface area contributed by atoms with Crippen LogP contribution in [0.3, 0.4) is 0 Å². The smallest absolute Gasteiger partial charge is 0.254 e. The third kappa shape index (κ3) is 8.29. The molecule has 46 heavy (non-hydrogen) atoms. The maximum absolute atomic E-state index is 13.8. The predicted octanol–water partition coefficient (Wildman–Crippen LogP) is 5.67. The maximum Gasteiger partial charge on any atom is 0.254 e. The molecule has 0 radical (unpaired) electrons. The Balaban J connectivity index is 1.36. The number of aryl methyl sites for hydroxylation is 1. The van der Waals surface area contributed by atoms with Crippen LogP contribution in [0.4, 0.5) is 0 Å². The minimum Gasteiger partial charge on any atom is -0.391 e. The van der Waals surface area contributed by atoms with Gasteiger partial charge < -0.3 is 20.6 Å². The lowest BCUT2D eigenvalue weighted by molar-refractivity contribution is 0.0734. The third-order valence-corrected chi connectivity index (χ3v) is 8.26. The second-order valence-corrected chi connectivity index (χ2v) is 13.2. The average molecular weight is 618 g/mol. The number of nitrogens with one attached hydrogen (secondary N) is 2. The van der Waals surface area contributed by atoms with Gasteiger partial charge in [0, 0.05) is 41.7 Å². The summed E-state index contributed by atoms with van der Waals surface area (Å²) in [6.07, 6.45) is 0.349. The zero-order chi connectivity index (χ0) is 32.8. The molecule has 0 fully saturated rings. The Hall–Kier alpha value is -4.75. The lowest BCUT2D eigenvalue weighted by Gasteiger charge is -2.29. The predicted molar refractivity (Wildman–Crippen MR) is 181 cm³/mol. The molecule has 0 unspecified atom stereocenters. The van der Waals surface area contributed by atoms with E-state index in [0.29, 0.717) is 41.8 Å². The van der Waals surface area contributed by atoms with Gasteiger partial charge in [-0.1, -0.05) is 72.8 Å². The van der Waals surface area contributed by atoms with Gasteiger partial charge in [0.25, 0.3) is 17.7 Å². The molecule has 3 N–H and O–H groups in total. The molecule has 238 valence electrons. The van der Waals surface area contributed by atoms with Crippen LogP contribution >= 0.6 is 0 Å². The van der Waals surface area contributed by atoms with Crippen molar-refractivity contribution < 1.29 is 19.5 Å². The van der Waals surface area contributed by atoms with Gasteiger partial charge in [0.05, 0.1) is 12.1 Å². The van der Waals surface area contributed by atoms with E-state index in [-0.39, 0.29) is 24.1 Å². The van der Waals surface area contributed by atoms with Crippen molar-refractivity contribution in [2.45, 2.75) is 71.2 Å². The fourth-order valence-corrected chi connectivity index (χ4v) is 5.99. The topological polar surface area (TPSA) is 98.7 Å². The van der Waals surface area contributed by atoms with E-state index in [0.717, 1.165) is 23.1 Å². The molecule has 4 aromatic rings. The van der Waals surface area contributed by atoms with Crippen molar-refractivity contribution >= 4 is 17.7 Å². The van der Waals surface area contributed by atoms with Crippen LogP contribution in [0.5, 0.6) is 0 Å². The summed E-state index contributed by atoms with van der Waals surface area (Å²) in [5.74, 6) is -0.702. The molecule has 4 aromatic carbocycles. The number of rotatable bonds is 9. The number of nitrogens with zero attached hydrogens (tertiary/aromatic N) is 1. The molecule has 3 amide bonds. The van der Waals surface area contributed by atoms with Gasteiger partial charge in [-0.05, 0) is 92.6 Å². The molecular weight excluding hydrogens is 574 g/mol. The van der Waals surface area contributed by atoms with Gasteiger partial charge in [0.2, 0.25) is 0 Å². The average Bonchev–Trinajstić information content (AvgIpc) is 3.03. The molecule has 0 aliphatic carbocycles. The number of benzene rings is 4. The summed E-state index contributed by atoms with van der Waals surface area (Å²) in [5.41, 5.74) is 5.74. The number of aliphatic hydroxyl groups is 1. The molecule has 1 aliphatic heterocycles. The summed E-state index contributed by atoms with van der Waals surface area (Å²) in [4.78, 5) is 42.3. The largest absolute Gasteiger partial charge is 0.391 e. The monoisotopic (exact) mass is 617 g/mol. The minimum atomic E-state index is -0.993. The van der Waals surface area contributed by atoms with E-state index in [1.54, 1.807) is 24.3 Å². The lowest BCUT2D eigenvalue weighted by atomic mass is 9.93. The van der Waals surface area contributed by atoms with Gasteiger partial charge in [0.15, 0.2) is 0 Å². The van der Waals surface area contributed by atoms with E-state index in [2.05, 4.69) is 22.8 Å². The molecule has 7 nitrogen and oxygen atoms in total. The fourth-order valence-electron chi connectivity index (χ4n) is 5.99. The van der Waals surface area contributed by atoms with E-state index in [1.807, 2.05) is 93.3 Å².